The van der Waals surface area contributed by atoms with Crippen LogP contribution in [0.5, 0.6) is 0 Å². The van der Waals surface area contributed by atoms with Crippen LogP contribution in [0.15, 0.2) is 48.5 Å². The number of benzene rings is 2. The van der Waals surface area contributed by atoms with E-state index in [1.54, 1.807) is 12.1 Å². The standard InChI is InChI=1S/C21H26FN3O2/c22-19-9-7-18(8-10-19)20(15-26)24-21(27)23-13-16-3-5-17(6-4-16)14-25-11-1-2-12-25/h3-10,20,26H,1-2,11-15H2,(H2,23,24,27)/t20-/m0/s1. The molecular weight excluding hydrogens is 345 g/mol. The minimum Gasteiger partial charge on any atom is -0.394 e. The molecule has 1 fully saturated rings. The number of rotatable bonds is 7. The van der Waals surface area contributed by atoms with E-state index in [0.29, 0.717) is 12.1 Å². The zero-order chi connectivity index (χ0) is 19.1. The van der Waals surface area contributed by atoms with Crippen LogP contribution < -0.4 is 10.6 Å². The van der Waals surface area contributed by atoms with Gasteiger partial charge in [0.15, 0.2) is 0 Å². The molecule has 3 N–H and O–H groups in total. The van der Waals surface area contributed by atoms with Crippen LogP contribution in [0.1, 0.15) is 35.6 Å². The van der Waals surface area contributed by atoms with Gasteiger partial charge in [0.2, 0.25) is 0 Å². The van der Waals surface area contributed by atoms with Crippen molar-refractivity contribution in [3.63, 3.8) is 0 Å². The molecule has 0 aromatic heterocycles. The van der Waals surface area contributed by atoms with E-state index < -0.39 is 6.04 Å². The lowest BCUT2D eigenvalue weighted by Crippen LogP contribution is -2.38. The van der Waals surface area contributed by atoms with E-state index in [9.17, 15) is 14.3 Å². The van der Waals surface area contributed by atoms with Gasteiger partial charge in [-0.05, 0) is 54.8 Å². The number of carbonyl (C=O) groups excluding carboxylic acids is 1. The highest BCUT2D eigenvalue weighted by atomic mass is 19.1. The van der Waals surface area contributed by atoms with E-state index >= 15 is 0 Å². The number of urea groups is 1. The van der Waals surface area contributed by atoms with Crippen LogP contribution in [0.3, 0.4) is 0 Å². The highest BCUT2D eigenvalue weighted by Gasteiger charge is 2.14. The molecule has 0 saturated carbocycles. The monoisotopic (exact) mass is 371 g/mol. The summed E-state index contributed by atoms with van der Waals surface area (Å²) < 4.78 is 13.0. The molecule has 1 aliphatic rings. The molecule has 6 heteroatoms. The van der Waals surface area contributed by atoms with E-state index in [1.807, 2.05) is 12.1 Å². The summed E-state index contributed by atoms with van der Waals surface area (Å²) in [4.78, 5) is 14.6. The third-order valence-corrected chi connectivity index (χ3v) is 4.84. The molecule has 27 heavy (non-hydrogen) atoms. The Morgan fingerprint density at radius 3 is 2.30 bits per heavy atom. The Morgan fingerprint density at radius 2 is 1.67 bits per heavy atom. The molecule has 3 rings (SSSR count). The molecule has 0 bridgehead atoms. The second kappa shape index (κ2) is 9.48. The predicted octanol–water partition coefficient (Wildman–Crippen LogP) is 2.95. The van der Waals surface area contributed by atoms with Gasteiger partial charge in [0, 0.05) is 13.1 Å². The lowest BCUT2D eigenvalue weighted by atomic mass is 10.1. The fraction of sp³-hybridized carbons (Fsp3) is 0.381. The number of aliphatic hydroxyl groups is 1. The summed E-state index contributed by atoms with van der Waals surface area (Å²) in [6, 6.07) is 13.0. The van der Waals surface area contributed by atoms with Crippen molar-refractivity contribution in [1.82, 2.24) is 15.5 Å². The van der Waals surface area contributed by atoms with Crippen molar-refractivity contribution in [2.45, 2.75) is 32.0 Å². The fourth-order valence-electron chi connectivity index (χ4n) is 3.28. The predicted molar refractivity (Wildman–Crippen MR) is 103 cm³/mol. The Bertz CT molecular complexity index is 728. The van der Waals surface area contributed by atoms with Crippen LogP contribution >= 0.6 is 0 Å². The van der Waals surface area contributed by atoms with Gasteiger partial charge >= 0.3 is 6.03 Å². The number of halogens is 1. The molecule has 144 valence electrons. The zero-order valence-corrected chi connectivity index (χ0v) is 15.3. The van der Waals surface area contributed by atoms with Gasteiger partial charge in [-0.2, -0.15) is 0 Å². The molecule has 0 aliphatic carbocycles. The number of hydrogen-bond donors (Lipinski definition) is 3. The lowest BCUT2D eigenvalue weighted by molar-refractivity contribution is 0.216. The highest BCUT2D eigenvalue weighted by Crippen LogP contribution is 2.14. The van der Waals surface area contributed by atoms with E-state index in [2.05, 4.69) is 27.7 Å². The lowest BCUT2D eigenvalue weighted by Gasteiger charge is -2.17. The van der Waals surface area contributed by atoms with Crippen molar-refractivity contribution < 1.29 is 14.3 Å². The van der Waals surface area contributed by atoms with Gasteiger partial charge in [0.25, 0.3) is 0 Å². The average Bonchev–Trinajstić information content (AvgIpc) is 3.19. The Kier molecular flexibility index (Phi) is 6.79. The van der Waals surface area contributed by atoms with Crippen LogP contribution in [-0.2, 0) is 13.1 Å². The van der Waals surface area contributed by atoms with Crippen molar-refractivity contribution in [2.75, 3.05) is 19.7 Å². The summed E-state index contributed by atoms with van der Waals surface area (Å²) in [6.45, 7) is 3.46. The molecule has 2 aromatic carbocycles. The Morgan fingerprint density at radius 1 is 1.04 bits per heavy atom. The fourth-order valence-corrected chi connectivity index (χ4v) is 3.28. The number of amides is 2. The maximum absolute atomic E-state index is 13.0. The Balaban J connectivity index is 1.47. The van der Waals surface area contributed by atoms with E-state index in [4.69, 9.17) is 0 Å². The topological polar surface area (TPSA) is 64.6 Å². The minimum absolute atomic E-state index is 0.260. The van der Waals surface area contributed by atoms with Gasteiger partial charge in [-0.3, -0.25) is 4.90 Å². The number of hydrogen-bond acceptors (Lipinski definition) is 3. The molecule has 2 aromatic rings. The highest BCUT2D eigenvalue weighted by molar-refractivity contribution is 5.74. The van der Waals surface area contributed by atoms with Gasteiger partial charge in [0.1, 0.15) is 5.82 Å². The van der Waals surface area contributed by atoms with Crippen molar-refractivity contribution in [3.8, 4) is 0 Å². The van der Waals surface area contributed by atoms with Crippen molar-refractivity contribution in [2.24, 2.45) is 0 Å². The second-order valence-electron chi connectivity index (χ2n) is 6.91. The number of aliphatic hydroxyl groups excluding tert-OH is 1. The molecular formula is C21H26FN3O2. The van der Waals surface area contributed by atoms with Crippen LogP contribution in [0.25, 0.3) is 0 Å². The average molecular weight is 371 g/mol. The Hall–Kier alpha value is -2.44. The van der Waals surface area contributed by atoms with Crippen LogP contribution in [-0.4, -0.2) is 35.7 Å². The van der Waals surface area contributed by atoms with Crippen molar-refractivity contribution in [3.05, 3.63) is 71.0 Å². The number of likely N-dealkylation sites (tertiary alicyclic amines) is 1. The van der Waals surface area contributed by atoms with Gasteiger partial charge in [0.05, 0.1) is 12.6 Å². The first-order valence-corrected chi connectivity index (χ1v) is 9.35. The minimum atomic E-state index is -0.576. The van der Waals surface area contributed by atoms with Gasteiger partial charge < -0.3 is 15.7 Å². The van der Waals surface area contributed by atoms with Crippen LogP contribution in [0, 0.1) is 5.82 Å². The van der Waals surface area contributed by atoms with Crippen LogP contribution in [0.2, 0.25) is 0 Å². The number of carbonyl (C=O) groups is 1. The summed E-state index contributed by atoms with van der Waals surface area (Å²) in [5.74, 6) is -0.354. The van der Waals surface area contributed by atoms with Crippen LogP contribution in [0.4, 0.5) is 9.18 Å². The van der Waals surface area contributed by atoms with Gasteiger partial charge in [-0.1, -0.05) is 36.4 Å². The largest absolute Gasteiger partial charge is 0.394 e. The number of nitrogens with zero attached hydrogens (tertiary/aromatic N) is 1. The maximum atomic E-state index is 13.0. The SMILES string of the molecule is O=C(NCc1ccc(CN2CCCC2)cc1)N[C@@H](CO)c1ccc(F)cc1. The second-order valence-corrected chi connectivity index (χ2v) is 6.91. The molecule has 1 saturated heterocycles. The first kappa shape index (κ1) is 19.3. The van der Waals surface area contributed by atoms with Gasteiger partial charge in [-0.15, -0.1) is 0 Å². The molecule has 1 aliphatic heterocycles. The van der Waals surface area contributed by atoms with Crippen molar-refractivity contribution >= 4 is 6.03 Å². The first-order chi connectivity index (χ1) is 13.1. The summed E-state index contributed by atoms with van der Waals surface area (Å²) in [7, 11) is 0. The molecule has 1 heterocycles. The van der Waals surface area contributed by atoms with E-state index in [-0.39, 0.29) is 18.5 Å². The third kappa shape index (κ3) is 5.77. The quantitative estimate of drug-likeness (QED) is 0.701. The summed E-state index contributed by atoms with van der Waals surface area (Å²) >= 11 is 0. The third-order valence-electron chi connectivity index (χ3n) is 4.84. The summed E-state index contributed by atoms with van der Waals surface area (Å²) in [5, 5.41) is 15.0. The summed E-state index contributed by atoms with van der Waals surface area (Å²) in [5.41, 5.74) is 2.94. The normalized spacial score (nSPS) is 15.5. The number of nitrogens with one attached hydrogen (secondary N) is 2. The van der Waals surface area contributed by atoms with E-state index in [0.717, 1.165) is 12.1 Å². The van der Waals surface area contributed by atoms with Crippen molar-refractivity contribution in [1.29, 1.82) is 0 Å². The molecule has 5 nitrogen and oxygen atoms in total. The maximum Gasteiger partial charge on any atom is 0.315 e. The van der Waals surface area contributed by atoms with Gasteiger partial charge in [-0.25, -0.2) is 9.18 Å². The zero-order valence-electron chi connectivity index (χ0n) is 15.3. The molecule has 2 amide bonds. The Labute approximate surface area is 159 Å². The van der Waals surface area contributed by atoms with E-state index in [1.165, 1.54) is 43.6 Å². The smallest absolute Gasteiger partial charge is 0.315 e. The molecule has 0 unspecified atom stereocenters. The first-order valence-electron chi connectivity index (χ1n) is 9.35. The molecule has 0 spiro atoms. The molecule has 1 atom stereocenters. The molecule has 0 radical (unpaired) electrons. The summed E-state index contributed by atoms with van der Waals surface area (Å²) in [6.07, 6.45) is 2.56.